The highest BCUT2D eigenvalue weighted by Crippen LogP contribution is 1.91. The molecule has 0 bridgehead atoms. The summed E-state index contributed by atoms with van der Waals surface area (Å²) in [5, 5.41) is 0.802. The zero-order valence-electron chi connectivity index (χ0n) is 5.24. The minimum Gasteiger partial charge on any atom is -0.282 e. The van der Waals surface area contributed by atoms with Crippen LogP contribution in [0.2, 0.25) is 0 Å². The standard InChI is InChI=1S/C5H10O3S/c1-2-3-4-5-9(6,7)8/h4-5H,2-3H2,1H3,(H,6,7,8)/b5-4+. The molecule has 0 aliphatic carbocycles. The lowest BCUT2D eigenvalue weighted by Crippen LogP contribution is -1.88. The second kappa shape index (κ2) is 3.63. The molecule has 0 rings (SSSR count). The number of allylic oxidation sites excluding steroid dienone is 1. The van der Waals surface area contributed by atoms with Crippen molar-refractivity contribution in [2.75, 3.05) is 0 Å². The smallest absolute Gasteiger partial charge is 0.282 e. The third-order valence-electron chi connectivity index (χ3n) is 0.724. The van der Waals surface area contributed by atoms with Crippen LogP contribution in [0.25, 0.3) is 0 Å². The number of rotatable bonds is 3. The number of unbranched alkanes of at least 4 members (excludes halogenated alkanes) is 1. The van der Waals surface area contributed by atoms with Crippen LogP contribution in [0.1, 0.15) is 19.8 Å². The summed E-state index contributed by atoms with van der Waals surface area (Å²) in [5.41, 5.74) is 0. The van der Waals surface area contributed by atoms with Crippen LogP contribution in [0.5, 0.6) is 0 Å². The lowest BCUT2D eigenvalue weighted by Gasteiger charge is -1.82. The lowest BCUT2D eigenvalue weighted by molar-refractivity contribution is 0.494. The molecule has 0 atom stereocenters. The van der Waals surface area contributed by atoms with Gasteiger partial charge in [0.2, 0.25) is 0 Å². The molecule has 0 aliphatic heterocycles. The second-order valence-corrected chi connectivity index (χ2v) is 2.98. The van der Waals surface area contributed by atoms with Gasteiger partial charge in [0, 0.05) is 0 Å². The van der Waals surface area contributed by atoms with E-state index in [0.29, 0.717) is 6.42 Å². The predicted molar refractivity (Wildman–Crippen MR) is 35.6 cm³/mol. The van der Waals surface area contributed by atoms with E-state index in [0.717, 1.165) is 11.8 Å². The summed E-state index contributed by atoms with van der Waals surface area (Å²) < 4.78 is 28.1. The van der Waals surface area contributed by atoms with Gasteiger partial charge in [0.05, 0.1) is 5.41 Å². The first-order valence-electron chi connectivity index (χ1n) is 2.70. The van der Waals surface area contributed by atoms with Crippen molar-refractivity contribution in [3.63, 3.8) is 0 Å². The molecule has 0 aliphatic rings. The molecule has 0 spiro atoms. The highest BCUT2D eigenvalue weighted by Gasteiger charge is 1.92. The minimum atomic E-state index is -3.88. The van der Waals surface area contributed by atoms with E-state index in [9.17, 15) is 8.42 Å². The van der Waals surface area contributed by atoms with Gasteiger partial charge in [-0.25, -0.2) is 0 Å². The van der Waals surface area contributed by atoms with Crippen LogP contribution in [0.15, 0.2) is 11.5 Å². The van der Waals surface area contributed by atoms with Gasteiger partial charge in [-0.2, -0.15) is 8.42 Å². The Labute approximate surface area is 55.1 Å². The Hall–Kier alpha value is -0.350. The Morgan fingerprint density at radius 2 is 2.11 bits per heavy atom. The number of hydrogen-bond acceptors (Lipinski definition) is 2. The molecule has 0 amide bonds. The lowest BCUT2D eigenvalue weighted by atomic mass is 10.3. The highest BCUT2D eigenvalue weighted by atomic mass is 32.2. The van der Waals surface area contributed by atoms with Crippen molar-refractivity contribution < 1.29 is 13.0 Å². The second-order valence-electron chi connectivity index (χ2n) is 1.68. The summed E-state index contributed by atoms with van der Waals surface area (Å²) >= 11 is 0. The number of hydrogen-bond donors (Lipinski definition) is 1. The van der Waals surface area contributed by atoms with Gasteiger partial charge in [0.15, 0.2) is 0 Å². The van der Waals surface area contributed by atoms with Crippen LogP contribution >= 0.6 is 0 Å². The molecule has 0 aromatic rings. The van der Waals surface area contributed by atoms with E-state index in [2.05, 4.69) is 0 Å². The zero-order chi connectivity index (χ0) is 7.33. The summed E-state index contributed by atoms with van der Waals surface area (Å²) in [6, 6.07) is 0. The summed E-state index contributed by atoms with van der Waals surface area (Å²) in [6.07, 6.45) is 2.99. The van der Waals surface area contributed by atoms with Gasteiger partial charge in [0.25, 0.3) is 10.1 Å². The normalized spacial score (nSPS) is 12.7. The molecular weight excluding hydrogens is 140 g/mol. The molecule has 0 radical (unpaired) electrons. The average molecular weight is 150 g/mol. The molecule has 0 saturated carbocycles. The van der Waals surface area contributed by atoms with E-state index in [4.69, 9.17) is 4.55 Å². The maximum absolute atomic E-state index is 9.97. The van der Waals surface area contributed by atoms with Crippen molar-refractivity contribution >= 4 is 10.1 Å². The van der Waals surface area contributed by atoms with E-state index in [-0.39, 0.29) is 0 Å². The van der Waals surface area contributed by atoms with Crippen LogP contribution < -0.4 is 0 Å². The Balaban J connectivity index is 3.73. The molecular formula is C5H10O3S. The summed E-state index contributed by atoms with van der Waals surface area (Å²) in [4.78, 5) is 0. The molecule has 0 saturated heterocycles. The molecule has 1 N–H and O–H groups in total. The average Bonchev–Trinajstić information content (AvgIpc) is 1.63. The Morgan fingerprint density at radius 1 is 1.56 bits per heavy atom. The Bertz CT molecular complexity index is 178. The van der Waals surface area contributed by atoms with Crippen LogP contribution in [-0.2, 0) is 10.1 Å². The van der Waals surface area contributed by atoms with E-state index >= 15 is 0 Å². The molecule has 0 aromatic carbocycles. The topological polar surface area (TPSA) is 54.4 Å². The highest BCUT2D eigenvalue weighted by molar-refractivity contribution is 7.88. The van der Waals surface area contributed by atoms with E-state index < -0.39 is 10.1 Å². The van der Waals surface area contributed by atoms with Crippen LogP contribution in [0.4, 0.5) is 0 Å². The first-order valence-corrected chi connectivity index (χ1v) is 4.20. The van der Waals surface area contributed by atoms with Gasteiger partial charge in [-0.3, -0.25) is 4.55 Å². The first kappa shape index (κ1) is 8.65. The van der Waals surface area contributed by atoms with Crippen molar-refractivity contribution in [3.05, 3.63) is 11.5 Å². The maximum atomic E-state index is 9.97. The van der Waals surface area contributed by atoms with Crippen molar-refractivity contribution in [1.82, 2.24) is 0 Å². The first-order chi connectivity index (χ1) is 4.06. The van der Waals surface area contributed by atoms with Gasteiger partial charge in [-0.15, -0.1) is 0 Å². The van der Waals surface area contributed by atoms with Crippen molar-refractivity contribution in [3.8, 4) is 0 Å². The third-order valence-corrected chi connectivity index (χ3v) is 1.26. The molecule has 0 heterocycles. The SMILES string of the molecule is CCC/C=C/S(=O)(=O)O. The van der Waals surface area contributed by atoms with Gasteiger partial charge in [0.1, 0.15) is 0 Å². The van der Waals surface area contributed by atoms with E-state index in [1.165, 1.54) is 6.08 Å². The van der Waals surface area contributed by atoms with Gasteiger partial charge in [-0.1, -0.05) is 19.4 Å². The minimum absolute atomic E-state index is 0.680. The summed E-state index contributed by atoms with van der Waals surface area (Å²) in [5.74, 6) is 0. The Morgan fingerprint density at radius 3 is 2.44 bits per heavy atom. The fourth-order valence-corrected chi connectivity index (χ4v) is 0.736. The zero-order valence-corrected chi connectivity index (χ0v) is 6.06. The molecule has 54 valence electrons. The van der Waals surface area contributed by atoms with Crippen molar-refractivity contribution in [2.24, 2.45) is 0 Å². The quantitative estimate of drug-likeness (QED) is 0.615. The third kappa shape index (κ3) is 7.65. The molecule has 3 nitrogen and oxygen atoms in total. The van der Waals surface area contributed by atoms with Crippen LogP contribution in [0, 0.1) is 0 Å². The van der Waals surface area contributed by atoms with Gasteiger partial charge in [-0.05, 0) is 6.42 Å². The Kier molecular flexibility index (Phi) is 3.49. The fraction of sp³-hybridized carbons (Fsp3) is 0.600. The molecule has 0 fully saturated rings. The molecule has 9 heavy (non-hydrogen) atoms. The van der Waals surface area contributed by atoms with Crippen molar-refractivity contribution in [1.29, 1.82) is 0 Å². The largest absolute Gasteiger partial charge is 0.287 e. The van der Waals surface area contributed by atoms with Crippen LogP contribution in [0.3, 0.4) is 0 Å². The van der Waals surface area contributed by atoms with E-state index in [1.807, 2.05) is 6.92 Å². The van der Waals surface area contributed by atoms with Crippen molar-refractivity contribution in [2.45, 2.75) is 19.8 Å². The summed E-state index contributed by atoms with van der Waals surface area (Å²) in [6.45, 7) is 1.92. The molecule has 4 heteroatoms. The predicted octanol–water partition coefficient (Wildman–Crippen LogP) is 1.19. The van der Waals surface area contributed by atoms with E-state index in [1.54, 1.807) is 0 Å². The van der Waals surface area contributed by atoms with Crippen LogP contribution in [-0.4, -0.2) is 13.0 Å². The fourth-order valence-electron chi connectivity index (χ4n) is 0.356. The molecule has 0 unspecified atom stereocenters. The molecule has 0 aromatic heterocycles. The van der Waals surface area contributed by atoms with Gasteiger partial charge < -0.3 is 0 Å². The maximum Gasteiger partial charge on any atom is 0.287 e. The summed E-state index contributed by atoms with van der Waals surface area (Å²) in [7, 11) is -3.88. The van der Waals surface area contributed by atoms with Gasteiger partial charge >= 0.3 is 0 Å². The monoisotopic (exact) mass is 150 g/mol.